The van der Waals surface area contributed by atoms with Crippen molar-refractivity contribution in [2.45, 2.75) is 37.6 Å². The number of nitrogens with one attached hydrogen (secondary N) is 1. The van der Waals surface area contributed by atoms with Crippen molar-refractivity contribution < 1.29 is 19.1 Å². The molecule has 0 aliphatic heterocycles. The Morgan fingerprint density at radius 3 is 2.14 bits per heavy atom. The zero-order valence-corrected chi connectivity index (χ0v) is 16.5. The largest absolute Gasteiger partial charge is 0.467 e. The van der Waals surface area contributed by atoms with Gasteiger partial charge >= 0.3 is 12.1 Å². The Kier molecular flexibility index (Phi) is 4.34. The van der Waals surface area contributed by atoms with Gasteiger partial charge in [0.1, 0.15) is 12.6 Å². The highest BCUT2D eigenvalue weighted by Crippen LogP contribution is 2.66. The monoisotopic (exact) mass is 391 g/mol. The van der Waals surface area contributed by atoms with Crippen LogP contribution in [-0.4, -0.2) is 31.8 Å². The van der Waals surface area contributed by atoms with E-state index in [-0.39, 0.29) is 17.9 Å². The molecule has 2 aromatic rings. The molecule has 4 aliphatic rings. The number of carbonyl (C=O) groups is 2. The molecule has 3 fully saturated rings. The number of rotatable bonds is 6. The molecule has 5 heteroatoms. The summed E-state index contributed by atoms with van der Waals surface area (Å²) in [5, 5.41) is 2.75. The van der Waals surface area contributed by atoms with Gasteiger partial charge in [0.15, 0.2) is 0 Å². The zero-order valence-electron chi connectivity index (χ0n) is 16.5. The van der Waals surface area contributed by atoms with E-state index in [2.05, 4.69) is 29.6 Å². The quantitative estimate of drug-likeness (QED) is 0.748. The number of ether oxygens (including phenoxy) is 2. The second-order valence-corrected chi connectivity index (χ2v) is 8.73. The van der Waals surface area contributed by atoms with Gasteiger partial charge in [0.2, 0.25) is 0 Å². The average Bonchev–Trinajstić information content (AvgIpc) is 3.00. The highest BCUT2D eigenvalue weighted by molar-refractivity contribution is 5.82. The maximum atomic E-state index is 12.5. The summed E-state index contributed by atoms with van der Waals surface area (Å²) >= 11 is 0. The van der Waals surface area contributed by atoms with Crippen LogP contribution in [0.3, 0.4) is 0 Å². The molecule has 1 unspecified atom stereocenters. The van der Waals surface area contributed by atoms with E-state index in [1.807, 2.05) is 24.3 Å². The Labute approximate surface area is 170 Å². The number of amides is 1. The van der Waals surface area contributed by atoms with E-state index in [9.17, 15) is 9.59 Å². The van der Waals surface area contributed by atoms with Gasteiger partial charge < -0.3 is 14.8 Å². The minimum atomic E-state index is -0.642. The van der Waals surface area contributed by atoms with Gasteiger partial charge in [-0.15, -0.1) is 0 Å². The summed E-state index contributed by atoms with van der Waals surface area (Å²) in [4.78, 5) is 24.7. The van der Waals surface area contributed by atoms with Gasteiger partial charge in [-0.1, -0.05) is 48.5 Å². The van der Waals surface area contributed by atoms with Crippen LogP contribution in [-0.2, 0) is 14.3 Å². The highest BCUT2D eigenvalue weighted by atomic mass is 16.6. The second kappa shape index (κ2) is 6.90. The van der Waals surface area contributed by atoms with Crippen LogP contribution in [0.15, 0.2) is 48.5 Å². The Hall–Kier alpha value is -2.82. The third-order valence-corrected chi connectivity index (χ3v) is 6.92. The lowest BCUT2D eigenvalue weighted by atomic mass is 9.43. The number of esters is 1. The molecule has 6 rings (SSSR count). The molecule has 1 atom stereocenters. The Bertz CT molecular complexity index is 906. The molecular formula is C24H25NO4. The third-order valence-electron chi connectivity index (χ3n) is 6.92. The van der Waals surface area contributed by atoms with Gasteiger partial charge in [0.25, 0.3) is 0 Å². The van der Waals surface area contributed by atoms with E-state index in [1.54, 1.807) is 0 Å². The molecule has 150 valence electrons. The fraction of sp³-hybridized carbons (Fsp3) is 0.417. The summed E-state index contributed by atoms with van der Waals surface area (Å²) in [7, 11) is 1.36. The summed E-state index contributed by atoms with van der Waals surface area (Å²) in [5.74, 6) is 0.424. The first kappa shape index (κ1) is 18.2. The lowest BCUT2D eigenvalue weighted by molar-refractivity contribution is -0.152. The van der Waals surface area contributed by atoms with Gasteiger partial charge in [-0.2, -0.15) is 0 Å². The number of fused-ring (bicyclic) bond motifs is 3. The fourth-order valence-corrected chi connectivity index (χ4v) is 5.46. The SMILES string of the molecule is COC(=O)C(CC12CC(C1)C2)NC(=O)OCC1c2ccccc2-c2ccccc21. The predicted octanol–water partition coefficient (Wildman–Crippen LogP) is 4.26. The maximum absolute atomic E-state index is 12.5. The molecule has 2 aromatic carbocycles. The van der Waals surface area contributed by atoms with E-state index in [0.717, 1.165) is 25.2 Å². The van der Waals surface area contributed by atoms with E-state index in [1.165, 1.54) is 29.4 Å². The molecule has 2 bridgehead atoms. The standard InChI is InChI=1S/C24H25NO4/c1-28-22(26)21(13-24-10-15(11-24)12-24)25-23(27)29-14-20-18-8-4-2-6-16(18)17-7-3-5-9-19(17)20/h2-9,15,20-21H,10-14H2,1H3,(H,25,27). The Balaban J connectivity index is 1.26. The van der Waals surface area contributed by atoms with Crippen LogP contribution in [0.25, 0.3) is 11.1 Å². The van der Waals surface area contributed by atoms with E-state index >= 15 is 0 Å². The number of methoxy groups -OCH3 is 1. The summed E-state index contributed by atoms with van der Waals surface area (Å²) in [5.41, 5.74) is 4.93. The van der Waals surface area contributed by atoms with Crippen molar-refractivity contribution in [1.82, 2.24) is 5.32 Å². The lowest BCUT2D eigenvalue weighted by Crippen LogP contribution is -2.56. The van der Waals surface area contributed by atoms with Crippen LogP contribution >= 0.6 is 0 Å². The topological polar surface area (TPSA) is 64.6 Å². The number of hydrogen-bond donors (Lipinski definition) is 1. The molecule has 3 saturated carbocycles. The van der Waals surface area contributed by atoms with Gasteiger partial charge in [-0.3, -0.25) is 0 Å². The Morgan fingerprint density at radius 1 is 1.03 bits per heavy atom. The van der Waals surface area contributed by atoms with Gasteiger partial charge in [0.05, 0.1) is 7.11 Å². The molecule has 5 nitrogen and oxygen atoms in total. The van der Waals surface area contributed by atoms with Crippen molar-refractivity contribution in [3.8, 4) is 11.1 Å². The predicted molar refractivity (Wildman–Crippen MR) is 108 cm³/mol. The first-order chi connectivity index (χ1) is 14.1. The highest BCUT2D eigenvalue weighted by Gasteiger charge is 2.57. The van der Waals surface area contributed by atoms with Crippen LogP contribution in [0.5, 0.6) is 0 Å². The van der Waals surface area contributed by atoms with Gasteiger partial charge in [0, 0.05) is 5.92 Å². The summed E-state index contributed by atoms with van der Waals surface area (Å²) in [6.07, 6.45) is 3.56. The van der Waals surface area contributed by atoms with Crippen molar-refractivity contribution >= 4 is 12.1 Å². The molecule has 1 N–H and O–H groups in total. The van der Waals surface area contributed by atoms with Gasteiger partial charge in [-0.05, 0) is 59.3 Å². The molecule has 0 spiro atoms. The molecule has 29 heavy (non-hydrogen) atoms. The third kappa shape index (κ3) is 3.09. The minimum Gasteiger partial charge on any atom is -0.467 e. The van der Waals surface area contributed by atoms with Crippen LogP contribution < -0.4 is 5.32 Å². The van der Waals surface area contributed by atoms with Gasteiger partial charge in [-0.25, -0.2) is 9.59 Å². The van der Waals surface area contributed by atoms with Crippen molar-refractivity contribution in [1.29, 1.82) is 0 Å². The number of carbonyl (C=O) groups excluding carboxylic acids is 2. The first-order valence-corrected chi connectivity index (χ1v) is 10.3. The normalized spacial score (nSPS) is 24.4. The minimum absolute atomic E-state index is 0.00217. The summed E-state index contributed by atoms with van der Waals surface area (Å²) in [6.45, 7) is 0.237. The molecule has 0 aromatic heterocycles. The molecule has 4 aliphatic carbocycles. The molecular weight excluding hydrogens is 366 g/mol. The Morgan fingerprint density at radius 2 is 1.62 bits per heavy atom. The van der Waals surface area contributed by atoms with Crippen LogP contribution in [0.4, 0.5) is 4.79 Å². The molecule has 1 amide bonds. The number of alkyl carbamates (subject to hydrolysis) is 1. The molecule has 0 radical (unpaired) electrons. The molecule has 0 heterocycles. The second-order valence-electron chi connectivity index (χ2n) is 8.73. The van der Waals surface area contributed by atoms with Crippen LogP contribution in [0, 0.1) is 11.3 Å². The van der Waals surface area contributed by atoms with Crippen LogP contribution in [0.1, 0.15) is 42.7 Å². The first-order valence-electron chi connectivity index (χ1n) is 10.3. The average molecular weight is 391 g/mol. The van der Waals surface area contributed by atoms with Crippen molar-refractivity contribution in [3.63, 3.8) is 0 Å². The number of benzene rings is 2. The van der Waals surface area contributed by atoms with E-state index in [0.29, 0.717) is 6.42 Å². The number of hydrogen-bond acceptors (Lipinski definition) is 4. The fourth-order valence-electron chi connectivity index (χ4n) is 5.46. The van der Waals surface area contributed by atoms with E-state index in [4.69, 9.17) is 9.47 Å². The van der Waals surface area contributed by atoms with Crippen molar-refractivity contribution in [3.05, 3.63) is 59.7 Å². The zero-order chi connectivity index (χ0) is 20.0. The smallest absolute Gasteiger partial charge is 0.407 e. The van der Waals surface area contributed by atoms with Crippen molar-refractivity contribution in [2.24, 2.45) is 11.3 Å². The summed E-state index contributed by atoms with van der Waals surface area (Å²) in [6, 6.07) is 15.8. The molecule has 0 saturated heterocycles. The maximum Gasteiger partial charge on any atom is 0.407 e. The summed E-state index contributed by atoms with van der Waals surface area (Å²) < 4.78 is 10.5. The van der Waals surface area contributed by atoms with Crippen LogP contribution in [0.2, 0.25) is 0 Å². The van der Waals surface area contributed by atoms with E-state index < -0.39 is 18.1 Å². The lowest BCUT2D eigenvalue weighted by Gasteiger charge is -2.62. The van der Waals surface area contributed by atoms with Crippen molar-refractivity contribution in [2.75, 3.05) is 13.7 Å².